The lowest BCUT2D eigenvalue weighted by Crippen LogP contribution is -2.39. The quantitative estimate of drug-likeness (QED) is 0.159. The van der Waals surface area contributed by atoms with Gasteiger partial charge in [0.15, 0.2) is 29.4 Å². The van der Waals surface area contributed by atoms with Gasteiger partial charge in [-0.2, -0.15) is 15.2 Å². The summed E-state index contributed by atoms with van der Waals surface area (Å²) in [6.07, 6.45) is -3.11. The topological polar surface area (TPSA) is 153 Å². The van der Waals surface area contributed by atoms with E-state index in [2.05, 4.69) is 25.4 Å². The van der Waals surface area contributed by atoms with Gasteiger partial charge in [0.2, 0.25) is 5.28 Å². The summed E-state index contributed by atoms with van der Waals surface area (Å²) >= 11 is 6.24. The van der Waals surface area contributed by atoms with E-state index < -0.39 is 43.4 Å². The van der Waals surface area contributed by atoms with Gasteiger partial charge < -0.3 is 19.3 Å². The predicted octanol–water partition coefficient (Wildman–Crippen LogP) is 5.46. The van der Waals surface area contributed by atoms with E-state index in [1.165, 1.54) is 24.5 Å². The highest BCUT2D eigenvalue weighted by Crippen LogP contribution is 2.50. The van der Waals surface area contributed by atoms with Gasteiger partial charge in [0.25, 0.3) is 7.52 Å². The van der Waals surface area contributed by atoms with E-state index in [9.17, 15) is 14.6 Å². The highest BCUT2D eigenvalue weighted by Gasteiger charge is 2.55. The molecule has 1 aliphatic rings. The molecule has 0 saturated carbocycles. The molecule has 1 saturated heterocycles. The van der Waals surface area contributed by atoms with E-state index in [1.807, 2.05) is 37.3 Å². The van der Waals surface area contributed by atoms with Crippen molar-refractivity contribution in [2.45, 2.75) is 71.7 Å². The number of anilines is 2. The fourth-order valence-electron chi connectivity index (χ4n) is 4.64. The number of imidazole rings is 1. The molecular formula is C27H34ClFN7O5P. The molecule has 0 radical (unpaired) electrons. The van der Waals surface area contributed by atoms with E-state index in [0.29, 0.717) is 11.3 Å². The maximum atomic E-state index is 16.2. The number of ether oxygens (including phenoxy) is 2. The van der Waals surface area contributed by atoms with Gasteiger partial charge in [-0.25, -0.2) is 14.5 Å². The van der Waals surface area contributed by atoms with Crippen molar-refractivity contribution in [1.29, 1.82) is 5.26 Å². The lowest BCUT2D eigenvalue weighted by atomic mass is 9.79. The molecule has 6 atom stereocenters. The first-order chi connectivity index (χ1) is 19.7. The van der Waals surface area contributed by atoms with Gasteiger partial charge in [-0.3, -0.25) is 13.9 Å². The largest absolute Gasteiger partial charge is 0.462 e. The number of carbonyl (C=O) groups excluding carboxylic acids is 1. The number of esters is 1. The molecule has 2 unspecified atom stereocenters. The minimum Gasteiger partial charge on any atom is -0.462 e. The van der Waals surface area contributed by atoms with Gasteiger partial charge in [0.1, 0.15) is 6.04 Å². The SMILES string of the molecule is Cc1ccc(Nc2nc(Cl)nc3c2ncn3[C@@H]2O[C@H](COP(C)(=O)N[C@@H](C)C(=O)OC(C)C)C(C)(CC#N)[C@H]2F)cc1. The summed E-state index contributed by atoms with van der Waals surface area (Å²) in [5.41, 5.74) is 1.05. The second-order valence-electron chi connectivity index (χ2n) is 10.9. The summed E-state index contributed by atoms with van der Waals surface area (Å²) in [5, 5.41) is 15.3. The Labute approximate surface area is 248 Å². The number of nitrogens with one attached hydrogen (secondary N) is 2. The molecule has 1 aromatic carbocycles. The zero-order chi connectivity index (χ0) is 30.8. The summed E-state index contributed by atoms with van der Waals surface area (Å²) < 4.78 is 47.6. The molecule has 3 aromatic rings. The van der Waals surface area contributed by atoms with Crippen molar-refractivity contribution >= 4 is 47.8 Å². The van der Waals surface area contributed by atoms with E-state index in [-0.39, 0.29) is 30.1 Å². The number of benzene rings is 1. The van der Waals surface area contributed by atoms with Crippen LogP contribution in [0, 0.1) is 23.7 Å². The number of alkyl halides is 1. The van der Waals surface area contributed by atoms with Gasteiger partial charge in [-0.1, -0.05) is 24.6 Å². The van der Waals surface area contributed by atoms with E-state index >= 15 is 4.39 Å². The van der Waals surface area contributed by atoms with Crippen LogP contribution in [-0.2, 0) is 23.4 Å². The Balaban J connectivity index is 1.57. The normalized spacial score (nSPS) is 24.3. The summed E-state index contributed by atoms with van der Waals surface area (Å²) in [7, 11) is -3.56. The molecule has 4 rings (SSSR count). The van der Waals surface area contributed by atoms with Gasteiger partial charge in [-0.05, 0) is 51.4 Å². The average molecular weight is 622 g/mol. The molecule has 0 amide bonds. The Morgan fingerprint density at radius 2 is 2.00 bits per heavy atom. The smallest absolute Gasteiger partial charge is 0.323 e. The predicted molar refractivity (Wildman–Crippen MR) is 155 cm³/mol. The van der Waals surface area contributed by atoms with Crippen LogP contribution in [0.1, 0.15) is 45.9 Å². The Hall–Kier alpha value is -3.14. The number of nitrogens with zero attached hydrogens (tertiary/aromatic N) is 5. The number of hydrogen-bond acceptors (Lipinski definition) is 10. The zero-order valence-electron chi connectivity index (χ0n) is 24.2. The molecule has 42 heavy (non-hydrogen) atoms. The molecule has 226 valence electrons. The van der Waals surface area contributed by atoms with Crippen LogP contribution in [0.2, 0.25) is 5.28 Å². The van der Waals surface area contributed by atoms with Gasteiger partial charge in [0, 0.05) is 24.2 Å². The number of nitriles is 1. The molecule has 15 heteroatoms. The highest BCUT2D eigenvalue weighted by atomic mass is 35.5. The maximum absolute atomic E-state index is 16.2. The number of fused-ring (bicyclic) bond motifs is 1. The average Bonchev–Trinajstić information content (AvgIpc) is 3.42. The summed E-state index contributed by atoms with van der Waals surface area (Å²) in [6, 6.07) is 8.72. The van der Waals surface area contributed by atoms with E-state index in [1.54, 1.807) is 20.8 Å². The van der Waals surface area contributed by atoms with Crippen LogP contribution in [0.5, 0.6) is 0 Å². The molecule has 0 spiro atoms. The Kier molecular flexibility index (Phi) is 9.55. The number of aryl methyl sites for hydroxylation is 1. The highest BCUT2D eigenvalue weighted by molar-refractivity contribution is 7.56. The minimum atomic E-state index is -3.56. The summed E-state index contributed by atoms with van der Waals surface area (Å²) in [5.74, 6) is -0.265. The van der Waals surface area contributed by atoms with Crippen LogP contribution in [0.4, 0.5) is 15.9 Å². The minimum absolute atomic E-state index is 0.0879. The molecule has 1 fully saturated rings. The first-order valence-electron chi connectivity index (χ1n) is 13.3. The lowest BCUT2D eigenvalue weighted by molar-refractivity contribution is -0.149. The summed E-state index contributed by atoms with van der Waals surface area (Å²) in [4.78, 5) is 25.1. The Morgan fingerprint density at radius 3 is 2.64 bits per heavy atom. The molecule has 3 heterocycles. The van der Waals surface area contributed by atoms with Crippen molar-refractivity contribution in [1.82, 2.24) is 24.6 Å². The monoisotopic (exact) mass is 621 g/mol. The van der Waals surface area contributed by atoms with Crippen LogP contribution in [-0.4, -0.2) is 63.2 Å². The third-order valence-corrected chi connectivity index (χ3v) is 8.64. The van der Waals surface area contributed by atoms with Gasteiger partial charge in [-0.15, -0.1) is 0 Å². The number of carbonyl (C=O) groups is 1. The van der Waals surface area contributed by atoms with Crippen molar-refractivity contribution in [3.63, 3.8) is 0 Å². The van der Waals surface area contributed by atoms with Crippen LogP contribution < -0.4 is 10.4 Å². The Bertz CT molecular complexity index is 1530. The number of halogens is 2. The van der Waals surface area contributed by atoms with Crippen molar-refractivity contribution < 1.29 is 27.7 Å². The van der Waals surface area contributed by atoms with Crippen molar-refractivity contribution in [2.24, 2.45) is 5.41 Å². The van der Waals surface area contributed by atoms with Gasteiger partial charge >= 0.3 is 5.97 Å². The molecule has 0 bridgehead atoms. The Morgan fingerprint density at radius 1 is 1.31 bits per heavy atom. The maximum Gasteiger partial charge on any atom is 0.323 e. The van der Waals surface area contributed by atoms with Crippen molar-refractivity contribution in [3.8, 4) is 6.07 Å². The first kappa shape index (κ1) is 31.8. The summed E-state index contributed by atoms with van der Waals surface area (Å²) in [6.45, 7) is 9.44. The lowest BCUT2D eigenvalue weighted by Gasteiger charge is -2.29. The molecule has 0 aliphatic carbocycles. The molecular weight excluding hydrogens is 588 g/mol. The van der Waals surface area contributed by atoms with Gasteiger partial charge in [0.05, 0.1) is 31.2 Å². The zero-order valence-corrected chi connectivity index (χ0v) is 25.8. The number of hydrogen-bond donors (Lipinski definition) is 2. The molecule has 2 aromatic heterocycles. The fourth-order valence-corrected chi connectivity index (χ4v) is 6.10. The third-order valence-electron chi connectivity index (χ3n) is 6.97. The van der Waals surface area contributed by atoms with E-state index in [4.69, 9.17) is 25.6 Å². The van der Waals surface area contributed by atoms with Crippen LogP contribution >= 0.6 is 19.1 Å². The van der Waals surface area contributed by atoms with Crippen LogP contribution in [0.25, 0.3) is 11.2 Å². The van der Waals surface area contributed by atoms with Crippen LogP contribution in [0.3, 0.4) is 0 Å². The molecule has 1 aliphatic heterocycles. The van der Waals surface area contributed by atoms with E-state index in [0.717, 1.165) is 11.3 Å². The van der Waals surface area contributed by atoms with Crippen LogP contribution in [0.15, 0.2) is 30.6 Å². The number of rotatable bonds is 11. The van der Waals surface area contributed by atoms with Crippen molar-refractivity contribution in [2.75, 3.05) is 18.6 Å². The second kappa shape index (κ2) is 12.6. The fraction of sp³-hybridized carbons (Fsp3) is 0.519. The second-order valence-corrected chi connectivity index (χ2v) is 13.4. The third kappa shape index (κ3) is 6.90. The van der Waals surface area contributed by atoms with Crippen molar-refractivity contribution in [3.05, 3.63) is 41.4 Å². The molecule has 2 N–H and O–H groups in total. The standard InChI is InChI=1S/C27H34ClFN7O5P/c1-15(2)40-25(37)17(4)35-42(6,38)39-13-19-27(5,11-12-30)21(29)24(41-19)36-14-31-20-22(33-26(28)34-23(20)36)32-18-9-7-16(3)8-10-18/h7-10,14-15,17,19,21,24H,11,13H2,1-6H3,(H,35,38)(H,32,33,34)/t17-,19+,21-,24+,27?,42?/m0/s1. The first-order valence-corrected chi connectivity index (χ1v) is 15.8. The number of aromatic nitrogens is 4. The molecule has 12 nitrogen and oxygen atoms in total.